The third kappa shape index (κ3) is 3.97. The molecule has 0 saturated carbocycles. The van der Waals surface area contributed by atoms with E-state index in [1.165, 1.54) is 58.3 Å². The summed E-state index contributed by atoms with van der Waals surface area (Å²) in [5.41, 5.74) is 0. The second-order valence-electron chi connectivity index (χ2n) is 4.34. The molecule has 84 valence electrons. The maximum atomic E-state index is 3.50. The molecule has 1 N–H and O–H groups in total. The van der Waals surface area contributed by atoms with Crippen molar-refractivity contribution in [3.05, 3.63) is 0 Å². The van der Waals surface area contributed by atoms with Crippen LogP contribution in [0.15, 0.2) is 0 Å². The molecule has 1 aliphatic heterocycles. The van der Waals surface area contributed by atoms with Gasteiger partial charge < -0.3 is 10.2 Å². The van der Waals surface area contributed by atoms with E-state index in [1.54, 1.807) is 0 Å². The highest BCUT2D eigenvalue weighted by atomic mass is 15.2. The van der Waals surface area contributed by atoms with E-state index in [9.17, 15) is 0 Å². The van der Waals surface area contributed by atoms with Crippen molar-refractivity contribution >= 4 is 0 Å². The number of hydrogen-bond acceptors (Lipinski definition) is 2. The Bertz CT molecular complexity index is 130. The smallest absolute Gasteiger partial charge is 0.0105 e. The Labute approximate surface area is 89.1 Å². The van der Waals surface area contributed by atoms with E-state index in [1.807, 2.05) is 0 Å². The van der Waals surface area contributed by atoms with Crippen LogP contribution in [-0.4, -0.2) is 37.1 Å². The quantitative estimate of drug-likeness (QED) is 0.631. The molecular formula is C12H26N2. The highest BCUT2D eigenvalue weighted by molar-refractivity contribution is 4.75. The Hall–Kier alpha value is -0.0800. The fourth-order valence-corrected chi connectivity index (χ4v) is 2.32. The second kappa shape index (κ2) is 7.24. The normalized spacial score (nSPS) is 20.1. The molecular weight excluding hydrogens is 172 g/mol. The third-order valence-electron chi connectivity index (χ3n) is 3.21. The SMILES string of the molecule is CCCNCCC(CC)N1CCCC1. The Morgan fingerprint density at radius 1 is 1.14 bits per heavy atom. The minimum Gasteiger partial charge on any atom is -0.317 e. The van der Waals surface area contributed by atoms with Gasteiger partial charge in [0, 0.05) is 6.04 Å². The third-order valence-corrected chi connectivity index (χ3v) is 3.21. The molecule has 1 heterocycles. The minimum absolute atomic E-state index is 0.835. The summed E-state index contributed by atoms with van der Waals surface area (Å²) in [6.07, 6.45) is 6.72. The highest BCUT2D eigenvalue weighted by Crippen LogP contribution is 2.15. The van der Waals surface area contributed by atoms with Crippen LogP contribution in [0.25, 0.3) is 0 Å². The summed E-state index contributed by atoms with van der Waals surface area (Å²) in [5.74, 6) is 0. The first-order valence-corrected chi connectivity index (χ1v) is 6.33. The maximum Gasteiger partial charge on any atom is 0.0105 e. The van der Waals surface area contributed by atoms with Crippen molar-refractivity contribution in [1.29, 1.82) is 0 Å². The number of rotatable bonds is 7. The lowest BCUT2D eigenvalue weighted by Crippen LogP contribution is -2.34. The van der Waals surface area contributed by atoms with Gasteiger partial charge in [0.1, 0.15) is 0 Å². The van der Waals surface area contributed by atoms with Gasteiger partial charge in [-0.1, -0.05) is 13.8 Å². The molecule has 0 bridgehead atoms. The van der Waals surface area contributed by atoms with Crippen LogP contribution >= 0.6 is 0 Å². The topological polar surface area (TPSA) is 15.3 Å². The molecule has 1 atom stereocenters. The molecule has 2 heteroatoms. The van der Waals surface area contributed by atoms with Gasteiger partial charge in [-0.05, 0) is 58.3 Å². The molecule has 0 aliphatic carbocycles. The second-order valence-corrected chi connectivity index (χ2v) is 4.34. The lowest BCUT2D eigenvalue weighted by molar-refractivity contribution is 0.223. The highest BCUT2D eigenvalue weighted by Gasteiger charge is 2.19. The van der Waals surface area contributed by atoms with Gasteiger partial charge in [0.05, 0.1) is 0 Å². The Kier molecular flexibility index (Phi) is 6.20. The molecule has 2 nitrogen and oxygen atoms in total. The molecule has 0 aromatic heterocycles. The first kappa shape index (κ1) is 12.0. The van der Waals surface area contributed by atoms with Crippen LogP contribution < -0.4 is 5.32 Å². The summed E-state index contributed by atoms with van der Waals surface area (Å²) >= 11 is 0. The van der Waals surface area contributed by atoms with E-state index in [-0.39, 0.29) is 0 Å². The zero-order valence-electron chi connectivity index (χ0n) is 9.89. The van der Waals surface area contributed by atoms with Crippen LogP contribution in [0.3, 0.4) is 0 Å². The van der Waals surface area contributed by atoms with E-state index in [2.05, 4.69) is 24.1 Å². The Morgan fingerprint density at radius 2 is 1.86 bits per heavy atom. The lowest BCUT2D eigenvalue weighted by atomic mass is 10.1. The van der Waals surface area contributed by atoms with Gasteiger partial charge in [-0.2, -0.15) is 0 Å². The number of nitrogens with zero attached hydrogens (tertiary/aromatic N) is 1. The first-order chi connectivity index (χ1) is 6.88. The first-order valence-electron chi connectivity index (χ1n) is 6.33. The summed E-state index contributed by atoms with van der Waals surface area (Å²) in [7, 11) is 0. The van der Waals surface area contributed by atoms with Crippen molar-refractivity contribution in [2.45, 2.75) is 52.0 Å². The summed E-state index contributed by atoms with van der Waals surface area (Å²) in [6, 6.07) is 0.835. The predicted octanol–water partition coefficient (Wildman–Crippen LogP) is 2.25. The van der Waals surface area contributed by atoms with Crippen molar-refractivity contribution in [2.75, 3.05) is 26.2 Å². The standard InChI is InChI=1S/C12H26N2/c1-3-8-13-9-7-12(4-2)14-10-5-6-11-14/h12-13H,3-11H2,1-2H3. The van der Waals surface area contributed by atoms with Crippen molar-refractivity contribution in [2.24, 2.45) is 0 Å². The average Bonchev–Trinajstić information content (AvgIpc) is 2.71. The summed E-state index contributed by atoms with van der Waals surface area (Å²) in [4.78, 5) is 2.67. The molecule has 0 amide bonds. The molecule has 1 saturated heterocycles. The molecule has 0 radical (unpaired) electrons. The molecule has 1 rings (SSSR count). The van der Waals surface area contributed by atoms with Gasteiger partial charge in [-0.3, -0.25) is 0 Å². The van der Waals surface area contributed by atoms with Crippen LogP contribution in [0.4, 0.5) is 0 Å². The van der Waals surface area contributed by atoms with Gasteiger partial charge >= 0.3 is 0 Å². The van der Waals surface area contributed by atoms with Crippen molar-refractivity contribution < 1.29 is 0 Å². The van der Waals surface area contributed by atoms with Crippen molar-refractivity contribution in [3.8, 4) is 0 Å². The van der Waals surface area contributed by atoms with E-state index < -0.39 is 0 Å². The van der Waals surface area contributed by atoms with Gasteiger partial charge in [-0.15, -0.1) is 0 Å². The zero-order valence-corrected chi connectivity index (χ0v) is 9.89. The number of nitrogens with one attached hydrogen (secondary N) is 1. The predicted molar refractivity (Wildman–Crippen MR) is 62.7 cm³/mol. The molecule has 0 aromatic carbocycles. The molecule has 1 unspecified atom stereocenters. The van der Waals surface area contributed by atoms with Crippen LogP contribution in [0, 0.1) is 0 Å². The fraction of sp³-hybridized carbons (Fsp3) is 1.00. The molecule has 1 aliphatic rings. The molecule has 0 spiro atoms. The minimum atomic E-state index is 0.835. The average molecular weight is 198 g/mol. The molecule has 14 heavy (non-hydrogen) atoms. The largest absolute Gasteiger partial charge is 0.317 e. The van der Waals surface area contributed by atoms with Gasteiger partial charge in [0.2, 0.25) is 0 Å². The van der Waals surface area contributed by atoms with Gasteiger partial charge in [0.25, 0.3) is 0 Å². The Balaban J connectivity index is 2.11. The van der Waals surface area contributed by atoms with E-state index >= 15 is 0 Å². The zero-order chi connectivity index (χ0) is 10.2. The summed E-state index contributed by atoms with van der Waals surface area (Å²) < 4.78 is 0. The summed E-state index contributed by atoms with van der Waals surface area (Å²) in [5, 5.41) is 3.50. The van der Waals surface area contributed by atoms with Gasteiger partial charge in [-0.25, -0.2) is 0 Å². The van der Waals surface area contributed by atoms with Crippen LogP contribution in [-0.2, 0) is 0 Å². The van der Waals surface area contributed by atoms with E-state index in [4.69, 9.17) is 0 Å². The monoisotopic (exact) mass is 198 g/mol. The van der Waals surface area contributed by atoms with Crippen molar-refractivity contribution in [1.82, 2.24) is 10.2 Å². The number of hydrogen-bond donors (Lipinski definition) is 1. The molecule has 0 aromatic rings. The number of likely N-dealkylation sites (tertiary alicyclic amines) is 1. The fourth-order valence-electron chi connectivity index (χ4n) is 2.32. The van der Waals surface area contributed by atoms with Crippen LogP contribution in [0.2, 0.25) is 0 Å². The molecule has 1 fully saturated rings. The summed E-state index contributed by atoms with van der Waals surface area (Å²) in [6.45, 7) is 9.60. The maximum absolute atomic E-state index is 3.50. The van der Waals surface area contributed by atoms with E-state index in [0.717, 1.165) is 6.04 Å². The van der Waals surface area contributed by atoms with Gasteiger partial charge in [0.15, 0.2) is 0 Å². The van der Waals surface area contributed by atoms with E-state index in [0.29, 0.717) is 0 Å². The van der Waals surface area contributed by atoms with Crippen LogP contribution in [0.5, 0.6) is 0 Å². The lowest BCUT2D eigenvalue weighted by Gasteiger charge is -2.26. The van der Waals surface area contributed by atoms with Crippen molar-refractivity contribution in [3.63, 3.8) is 0 Å². The Morgan fingerprint density at radius 3 is 2.43 bits per heavy atom. The van der Waals surface area contributed by atoms with Crippen LogP contribution in [0.1, 0.15) is 46.0 Å².